The summed E-state index contributed by atoms with van der Waals surface area (Å²) in [7, 11) is 0. The smallest absolute Gasteiger partial charge is 0.429 e. The molecule has 0 unspecified atom stereocenters. The molecular weight excluding hydrogens is 569 g/mol. The van der Waals surface area contributed by atoms with E-state index in [2.05, 4.69) is 4.74 Å². The van der Waals surface area contributed by atoms with Gasteiger partial charge in [0.05, 0.1) is 4.88 Å². The van der Waals surface area contributed by atoms with Gasteiger partial charge in [0.25, 0.3) is 0 Å². The lowest BCUT2D eigenvalue weighted by atomic mass is 10.00. The van der Waals surface area contributed by atoms with Gasteiger partial charge in [-0.2, -0.15) is 22.0 Å². The van der Waals surface area contributed by atoms with E-state index in [0.29, 0.717) is 23.4 Å². The molecule has 4 rings (SSSR count). The number of ether oxygens (including phenoxy) is 1. The lowest BCUT2D eigenvalue weighted by Gasteiger charge is -2.21. The zero-order valence-electron chi connectivity index (χ0n) is 19.3. The molecule has 0 saturated heterocycles. The summed E-state index contributed by atoms with van der Waals surface area (Å²) in [5.74, 6) is -11.6. The van der Waals surface area contributed by atoms with Gasteiger partial charge in [-0.15, -0.1) is 11.3 Å². The fourth-order valence-corrected chi connectivity index (χ4v) is 4.73. The summed E-state index contributed by atoms with van der Waals surface area (Å²) in [5, 5.41) is 0. The molecular formula is C26H13F11OS. The predicted octanol–water partition coefficient (Wildman–Crippen LogP) is 9.63. The minimum absolute atomic E-state index is 0.123. The van der Waals surface area contributed by atoms with E-state index in [0.717, 1.165) is 23.5 Å². The highest BCUT2D eigenvalue weighted by Gasteiger charge is 2.43. The molecule has 3 aromatic carbocycles. The summed E-state index contributed by atoms with van der Waals surface area (Å²) in [6, 6.07) is 4.74. The van der Waals surface area contributed by atoms with Crippen molar-refractivity contribution in [1.82, 2.24) is 0 Å². The van der Waals surface area contributed by atoms with Crippen LogP contribution in [0.4, 0.5) is 48.3 Å². The number of aryl methyl sites for hydroxylation is 1. The van der Waals surface area contributed by atoms with Crippen LogP contribution in [0, 0.1) is 34.9 Å². The van der Waals surface area contributed by atoms with Gasteiger partial charge < -0.3 is 4.74 Å². The van der Waals surface area contributed by atoms with Crippen LogP contribution in [-0.2, 0) is 18.7 Å². The Hall–Kier alpha value is -3.61. The van der Waals surface area contributed by atoms with Gasteiger partial charge in [0.15, 0.2) is 0 Å². The normalized spacial score (nSPS) is 12.2. The monoisotopic (exact) mass is 582 g/mol. The van der Waals surface area contributed by atoms with Gasteiger partial charge >= 0.3 is 12.3 Å². The van der Waals surface area contributed by atoms with Crippen LogP contribution >= 0.6 is 11.3 Å². The van der Waals surface area contributed by atoms with Crippen molar-refractivity contribution in [3.8, 4) is 27.3 Å². The molecule has 0 atom stereocenters. The molecule has 1 nitrogen and oxygen atoms in total. The fourth-order valence-electron chi connectivity index (χ4n) is 3.76. The lowest BCUT2D eigenvalue weighted by molar-refractivity contribution is -0.189. The van der Waals surface area contributed by atoms with Gasteiger partial charge in [0, 0.05) is 22.6 Å². The van der Waals surface area contributed by atoms with Crippen LogP contribution in [0.1, 0.15) is 22.9 Å². The molecule has 1 aromatic heterocycles. The summed E-state index contributed by atoms with van der Waals surface area (Å²) in [6.07, 6.45) is -9.92. The Kier molecular flexibility index (Phi) is 7.41. The fraction of sp³-hybridized carbons (Fsp3) is 0.154. The second-order valence-electron chi connectivity index (χ2n) is 8.13. The maximum Gasteiger partial charge on any atom is 0.432 e. The second kappa shape index (κ2) is 10.2. The Balaban J connectivity index is 1.67. The first-order chi connectivity index (χ1) is 18.1. The van der Waals surface area contributed by atoms with Gasteiger partial charge in [-0.1, -0.05) is 19.1 Å². The number of rotatable bonds is 6. The Morgan fingerprint density at radius 1 is 0.641 bits per heavy atom. The van der Waals surface area contributed by atoms with E-state index in [9.17, 15) is 48.3 Å². The number of halogens is 11. The van der Waals surface area contributed by atoms with Crippen LogP contribution < -0.4 is 4.74 Å². The van der Waals surface area contributed by atoms with Crippen LogP contribution in [-0.4, -0.2) is 0 Å². The SMILES string of the molecule is CCc1cc(F)c(-c2ccc(-c3cc(F)c(C(F)(F)Oc4cc(F)c(C(F)(F)F)c(F)c4)c(F)c3)c(F)c2)s1. The molecule has 0 amide bonds. The van der Waals surface area contributed by atoms with Crippen molar-refractivity contribution in [1.29, 1.82) is 0 Å². The number of hydrogen-bond donors (Lipinski definition) is 0. The largest absolute Gasteiger partial charge is 0.432 e. The average Bonchev–Trinajstić information content (AvgIpc) is 3.17. The van der Waals surface area contributed by atoms with Crippen molar-refractivity contribution in [3.05, 3.63) is 99.4 Å². The standard InChI is InChI=1S/C26H13F11OS/c1-2-14-10-21(32)24(39-14)11-3-4-15(16(27)5-11)12-6-17(28)23(18(29)7-12)26(36,37)38-13-8-19(30)22(20(31)9-13)25(33,34)35/h3-10H,2H2,1H3. The Morgan fingerprint density at radius 3 is 1.67 bits per heavy atom. The molecule has 0 aliphatic carbocycles. The van der Waals surface area contributed by atoms with Gasteiger partial charge in [-0.3, -0.25) is 0 Å². The van der Waals surface area contributed by atoms with Crippen LogP contribution in [0.15, 0.2) is 48.5 Å². The van der Waals surface area contributed by atoms with E-state index in [1.54, 1.807) is 6.92 Å². The first-order valence-electron chi connectivity index (χ1n) is 10.8. The van der Waals surface area contributed by atoms with E-state index in [1.807, 2.05) is 0 Å². The van der Waals surface area contributed by atoms with Gasteiger partial charge in [0.1, 0.15) is 51.8 Å². The topological polar surface area (TPSA) is 9.23 Å². The van der Waals surface area contributed by atoms with Crippen molar-refractivity contribution < 1.29 is 53.0 Å². The van der Waals surface area contributed by atoms with Crippen LogP contribution in [0.5, 0.6) is 5.75 Å². The molecule has 206 valence electrons. The Bertz CT molecular complexity index is 1510. The maximum atomic E-state index is 14.8. The lowest BCUT2D eigenvalue weighted by Crippen LogP contribution is -2.25. The van der Waals surface area contributed by atoms with Crippen molar-refractivity contribution in [3.63, 3.8) is 0 Å². The van der Waals surface area contributed by atoms with Crippen LogP contribution in [0.3, 0.4) is 0 Å². The minimum Gasteiger partial charge on any atom is -0.429 e. The van der Waals surface area contributed by atoms with E-state index in [-0.39, 0.29) is 22.6 Å². The summed E-state index contributed by atoms with van der Waals surface area (Å²) >= 11 is 1.08. The average molecular weight is 582 g/mol. The van der Waals surface area contributed by atoms with E-state index < -0.39 is 75.2 Å². The molecule has 0 saturated carbocycles. The molecule has 13 heteroatoms. The van der Waals surface area contributed by atoms with Gasteiger partial charge in [-0.05, 0) is 41.8 Å². The van der Waals surface area contributed by atoms with Crippen molar-refractivity contribution in [2.75, 3.05) is 0 Å². The second-order valence-corrected chi connectivity index (χ2v) is 9.27. The zero-order chi connectivity index (χ0) is 28.9. The minimum atomic E-state index is -5.49. The highest BCUT2D eigenvalue weighted by Crippen LogP contribution is 2.41. The summed E-state index contributed by atoms with van der Waals surface area (Å²) < 4.78 is 157. The quantitative estimate of drug-likeness (QED) is 0.206. The number of alkyl halides is 5. The number of benzene rings is 3. The predicted molar refractivity (Wildman–Crippen MR) is 120 cm³/mol. The van der Waals surface area contributed by atoms with Crippen molar-refractivity contribution >= 4 is 11.3 Å². The molecule has 0 bridgehead atoms. The molecule has 1 heterocycles. The highest BCUT2D eigenvalue weighted by atomic mass is 32.1. The Morgan fingerprint density at radius 2 is 1.18 bits per heavy atom. The highest BCUT2D eigenvalue weighted by molar-refractivity contribution is 7.15. The van der Waals surface area contributed by atoms with Crippen LogP contribution in [0.2, 0.25) is 0 Å². The zero-order valence-corrected chi connectivity index (χ0v) is 20.1. The molecule has 0 N–H and O–H groups in total. The van der Waals surface area contributed by atoms with Gasteiger partial charge in [0.2, 0.25) is 0 Å². The molecule has 39 heavy (non-hydrogen) atoms. The summed E-state index contributed by atoms with van der Waals surface area (Å²) in [6.45, 7) is 1.79. The summed E-state index contributed by atoms with van der Waals surface area (Å²) in [4.78, 5) is 0.814. The third-order valence-corrected chi connectivity index (χ3v) is 6.81. The molecule has 0 aliphatic heterocycles. The third-order valence-electron chi connectivity index (χ3n) is 5.51. The third kappa shape index (κ3) is 5.58. The Labute approximate surface area is 217 Å². The van der Waals surface area contributed by atoms with E-state index in [4.69, 9.17) is 0 Å². The molecule has 0 radical (unpaired) electrons. The van der Waals surface area contributed by atoms with Gasteiger partial charge in [-0.25, -0.2) is 26.3 Å². The maximum absolute atomic E-state index is 14.8. The van der Waals surface area contributed by atoms with Crippen LogP contribution in [0.25, 0.3) is 21.6 Å². The van der Waals surface area contributed by atoms with E-state index in [1.165, 1.54) is 12.1 Å². The molecule has 0 spiro atoms. The van der Waals surface area contributed by atoms with Crippen molar-refractivity contribution in [2.24, 2.45) is 0 Å². The van der Waals surface area contributed by atoms with Crippen molar-refractivity contribution in [2.45, 2.75) is 25.6 Å². The first-order valence-corrected chi connectivity index (χ1v) is 11.6. The van der Waals surface area contributed by atoms with E-state index >= 15 is 0 Å². The molecule has 0 fully saturated rings. The number of thiophene rings is 1. The molecule has 4 aromatic rings. The first kappa shape index (κ1) is 28.4. The number of hydrogen-bond acceptors (Lipinski definition) is 2. The molecule has 0 aliphatic rings. The summed E-state index contributed by atoms with van der Waals surface area (Å²) in [5.41, 5.74) is -5.24.